The third-order valence-corrected chi connectivity index (χ3v) is 3.15. The number of aromatic nitrogens is 1. The van der Waals surface area contributed by atoms with Crippen LogP contribution in [0.5, 0.6) is 0 Å². The van der Waals surface area contributed by atoms with Gasteiger partial charge in [0.2, 0.25) is 0 Å². The summed E-state index contributed by atoms with van der Waals surface area (Å²) in [4.78, 5) is 16.1. The molecule has 2 rings (SSSR count). The van der Waals surface area contributed by atoms with E-state index in [0.29, 0.717) is 5.69 Å². The summed E-state index contributed by atoms with van der Waals surface area (Å²) in [6, 6.07) is 7.34. The second kappa shape index (κ2) is 4.93. The van der Waals surface area contributed by atoms with Crippen LogP contribution in [0.2, 0.25) is 0 Å². The fourth-order valence-electron chi connectivity index (χ4n) is 1.38. The van der Waals surface area contributed by atoms with E-state index >= 15 is 0 Å². The van der Waals surface area contributed by atoms with Gasteiger partial charge in [0, 0.05) is 11.1 Å². The molecule has 0 aliphatic heterocycles. The zero-order chi connectivity index (χ0) is 12.3. The molecule has 0 aromatic carbocycles. The van der Waals surface area contributed by atoms with E-state index in [2.05, 4.69) is 4.98 Å². The maximum Gasteiger partial charge on any atom is 0.337 e. The Balaban J connectivity index is 2.40. The number of aliphatic carboxylic acids is 1. The standard InChI is InChI=1S/C13H11NO2S/c1-9-4-5-10(14-8-9)7-11(13(15)16)12-3-2-6-17-12/h2-8H,1H3,(H,15,16)/b11-7+. The van der Waals surface area contributed by atoms with Gasteiger partial charge in [-0.15, -0.1) is 11.3 Å². The Kier molecular flexibility index (Phi) is 3.35. The van der Waals surface area contributed by atoms with E-state index in [-0.39, 0.29) is 5.57 Å². The van der Waals surface area contributed by atoms with E-state index in [1.165, 1.54) is 11.3 Å². The van der Waals surface area contributed by atoms with Gasteiger partial charge in [-0.1, -0.05) is 12.1 Å². The molecule has 0 saturated heterocycles. The minimum atomic E-state index is -0.935. The number of thiophene rings is 1. The number of nitrogens with zero attached hydrogens (tertiary/aromatic N) is 1. The highest BCUT2D eigenvalue weighted by Crippen LogP contribution is 2.22. The second-order valence-corrected chi connectivity index (χ2v) is 4.55. The molecule has 1 N–H and O–H groups in total. The zero-order valence-corrected chi connectivity index (χ0v) is 10.1. The molecule has 0 radical (unpaired) electrons. The first-order valence-corrected chi connectivity index (χ1v) is 5.96. The van der Waals surface area contributed by atoms with Crippen LogP contribution in [0.1, 0.15) is 16.1 Å². The number of carboxylic acid groups (broad SMARTS) is 1. The minimum Gasteiger partial charge on any atom is -0.478 e. The lowest BCUT2D eigenvalue weighted by atomic mass is 10.1. The summed E-state index contributed by atoms with van der Waals surface area (Å²) in [6.45, 7) is 1.94. The first-order valence-electron chi connectivity index (χ1n) is 5.08. The number of aryl methyl sites for hydroxylation is 1. The van der Waals surface area contributed by atoms with E-state index in [0.717, 1.165) is 10.4 Å². The maximum absolute atomic E-state index is 11.2. The van der Waals surface area contributed by atoms with Gasteiger partial charge < -0.3 is 5.11 Å². The van der Waals surface area contributed by atoms with Gasteiger partial charge in [-0.05, 0) is 36.1 Å². The quantitative estimate of drug-likeness (QED) is 0.845. The van der Waals surface area contributed by atoms with Crippen LogP contribution < -0.4 is 0 Å². The molecule has 86 valence electrons. The monoisotopic (exact) mass is 245 g/mol. The highest BCUT2D eigenvalue weighted by atomic mass is 32.1. The van der Waals surface area contributed by atoms with Crippen molar-refractivity contribution in [2.24, 2.45) is 0 Å². The van der Waals surface area contributed by atoms with Crippen molar-refractivity contribution in [3.63, 3.8) is 0 Å². The summed E-state index contributed by atoms with van der Waals surface area (Å²) in [5.74, 6) is -0.935. The van der Waals surface area contributed by atoms with Gasteiger partial charge in [0.15, 0.2) is 0 Å². The van der Waals surface area contributed by atoms with Crippen molar-refractivity contribution < 1.29 is 9.90 Å². The van der Waals surface area contributed by atoms with Gasteiger partial charge in [0.25, 0.3) is 0 Å². The van der Waals surface area contributed by atoms with Gasteiger partial charge in [-0.2, -0.15) is 0 Å². The first-order chi connectivity index (χ1) is 8.16. The van der Waals surface area contributed by atoms with E-state index in [4.69, 9.17) is 0 Å². The average Bonchev–Trinajstić information content (AvgIpc) is 2.81. The molecule has 4 heteroatoms. The molecular weight excluding hydrogens is 234 g/mol. The van der Waals surface area contributed by atoms with Crippen LogP contribution in [0.15, 0.2) is 35.8 Å². The molecule has 0 fully saturated rings. The molecule has 0 unspecified atom stereocenters. The third kappa shape index (κ3) is 2.79. The smallest absolute Gasteiger partial charge is 0.337 e. The van der Waals surface area contributed by atoms with Gasteiger partial charge in [-0.3, -0.25) is 4.98 Å². The van der Waals surface area contributed by atoms with Crippen LogP contribution in [0.25, 0.3) is 11.6 Å². The minimum absolute atomic E-state index is 0.274. The van der Waals surface area contributed by atoms with Crippen LogP contribution in [0.3, 0.4) is 0 Å². The number of carbonyl (C=O) groups is 1. The third-order valence-electron chi connectivity index (χ3n) is 2.24. The average molecular weight is 245 g/mol. The van der Waals surface area contributed by atoms with Crippen LogP contribution in [-0.2, 0) is 4.79 Å². The SMILES string of the molecule is Cc1ccc(/C=C(/C(=O)O)c2cccs2)nc1. The Hall–Kier alpha value is -1.94. The van der Waals surface area contributed by atoms with Gasteiger partial charge in [0.1, 0.15) is 0 Å². The number of carboxylic acids is 1. The summed E-state index contributed by atoms with van der Waals surface area (Å²) in [5.41, 5.74) is 1.98. The molecule has 3 nitrogen and oxygen atoms in total. The number of hydrogen-bond donors (Lipinski definition) is 1. The normalized spacial score (nSPS) is 11.5. The zero-order valence-electron chi connectivity index (χ0n) is 9.25. The van der Waals surface area contributed by atoms with Crippen molar-refractivity contribution in [2.75, 3.05) is 0 Å². The van der Waals surface area contributed by atoms with Crippen molar-refractivity contribution in [1.82, 2.24) is 4.98 Å². The Labute approximate surface area is 103 Å². The molecule has 0 saturated carbocycles. The Morgan fingerprint density at radius 3 is 2.76 bits per heavy atom. The molecule has 17 heavy (non-hydrogen) atoms. The van der Waals surface area contributed by atoms with E-state index in [1.807, 2.05) is 30.5 Å². The fourth-order valence-corrected chi connectivity index (χ4v) is 2.12. The molecule has 0 atom stereocenters. The maximum atomic E-state index is 11.2. The molecule has 0 spiro atoms. The summed E-state index contributed by atoms with van der Waals surface area (Å²) < 4.78 is 0. The van der Waals surface area contributed by atoms with Crippen LogP contribution >= 0.6 is 11.3 Å². The Morgan fingerprint density at radius 2 is 2.24 bits per heavy atom. The highest BCUT2D eigenvalue weighted by molar-refractivity contribution is 7.11. The number of pyridine rings is 1. The fraction of sp³-hybridized carbons (Fsp3) is 0.0769. The first kappa shape index (κ1) is 11.5. The lowest BCUT2D eigenvalue weighted by Crippen LogP contribution is -1.98. The molecule has 2 heterocycles. The van der Waals surface area contributed by atoms with Gasteiger partial charge in [0.05, 0.1) is 11.3 Å². The van der Waals surface area contributed by atoms with Crippen molar-refractivity contribution in [2.45, 2.75) is 6.92 Å². The van der Waals surface area contributed by atoms with Gasteiger partial charge in [-0.25, -0.2) is 4.79 Å². The largest absolute Gasteiger partial charge is 0.478 e. The van der Waals surface area contributed by atoms with Crippen LogP contribution in [-0.4, -0.2) is 16.1 Å². The molecule has 0 bridgehead atoms. The van der Waals surface area contributed by atoms with Gasteiger partial charge >= 0.3 is 5.97 Å². The topological polar surface area (TPSA) is 50.2 Å². The predicted molar refractivity (Wildman–Crippen MR) is 68.8 cm³/mol. The van der Waals surface area contributed by atoms with E-state index in [9.17, 15) is 9.90 Å². The highest BCUT2D eigenvalue weighted by Gasteiger charge is 2.11. The lowest BCUT2D eigenvalue weighted by molar-refractivity contribution is -0.130. The molecule has 2 aromatic heterocycles. The lowest BCUT2D eigenvalue weighted by Gasteiger charge is -1.99. The van der Waals surface area contributed by atoms with Crippen LogP contribution in [0, 0.1) is 6.92 Å². The Bertz CT molecular complexity index is 541. The predicted octanol–water partition coefficient (Wildman–Crippen LogP) is 3.08. The molecular formula is C13H11NO2S. The van der Waals surface area contributed by atoms with E-state index in [1.54, 1.807) is 18.3 Å². The molecule has 2 aromatic rings. The summed E-state index contributed by atoms with van der Waals surface area (Å²) in [5, 5.41) is 11.0. The van der Waals surface area contributed by atoms with Crippen molar-refractivity contribution in [3.05, 3.63) is 52.0 Å². The summed E-state index contributed by atoms with van der Waals surface area (Å²) in [6.07, 6.45) is 3.31. The van der Waals surface area contributed by atoms with E-state index < -0.39 is 5.97 Å². The summed E-state index contributed by atoms with van der Waals surface area (Å²) >= 11 is 1.40. The van der Waals surface area contributed by atoms with Crippen molar-refractivity contribution >= 4 is 29.0 Å². The molecule has 0 amide bonds. The van der Waals surface area contributed by atoms with Crippen LogP contribution in [0.4, 0.5) is 0 Å². The molecule has 0 aliphatic carbocycles. The number of rotatable bonds is 3. The summed E-state index contributed by atoms with van der Waals surface area (Å²) in [7, 11) is 0. The van der Waals surface area contributed by atoms with Crippen molar-refractivity contribution in [1.29, 1.82) is 0 Å². The van der Waals surface area contributed by atoms with Crippen molar-refractivity contribution in [3.8, 4) is 0 Å². The Morgan fingerprint density at radius 1 is 1.41 bits per heavy atom. The second-order valence-electron chi connectivity index (χ2n) is 3.60. The number of hydrogen-bond acceptors (Lipinski definition) is 3. The molecule has 0 aliphatic rings.